The van der Waals surface area contributed by atoms with Crippen LogP contribution in [0.25, 0.3) is 11.1 Å². The number of ether oxygens (including phenoxy) is 2. The van der Waals surface area contributed by atoms with E-state index in [4.69, 9.17) is 14.6 Å². The highest BCUT2D eigenvalue weighted by Crippen LogP contribution is 2.32. The minimum Gasteiger partial charge on any atom is -0.487 e. The molecular formula is C30H32FN3O4. The van der Waals surface area contributed by atoms with E-state index >= 15 is 0 Å². The highest BCUT2D eigenvalue weighted by Gasteiger charge is 2.12. The van der Waals surface area contributed by atoms with Crippen LogP contribution in [0.2, 0.25) is 0 Å². The summed E-state index contributed by atoms with van der Waals surface area (Å²) >= 11 is 0. The number of anilines is 1. The second-order valence-corrected chi connectivity index (χ2v) is 9.28. The Kier molecular flexibility index (Phi) is 8.31. The van der Waals surface area contributed by atoms with Crippen molar-refractivity contribution in [3.8, 4) is 22.8 Å². The van der Waals surface area contributed by atoms with Crippen LogP contribution in [0.4, 0.5) is 10.1 Å². The molecule has 8 heteroatoms. The third-order valence-electron chi connectivity index (χ3n) is 6.43. The number of aliphatic carboxylic acids is 1. The molecule has 198 valence electrons. The van der Waals surface area contributed by atoms with Gasteiger partial charge in [-0.1, -0.05) is 24.3 Å². The maximum Gasteiger partial charge on any atom is 0.303 e. The number of hydrogen-bond donors (Lipinski definition) is 2. The summed E-state index contributed by atoms with van der Waals surface area (Å²) in [6, 6.07) is 19.0. The molecule has 0 saturated carbocycles. The lowest BCUT2D eigenvalue weighted by atomic mass is 9.94. The number of nitrogens with zero attached hydrogens (tertiary/aromatic N) is 2. The molecule has 0 amide bonds. The molecule has 1 heterocycles. The number of carboxylic acid groups (broad SMARTS) is 1. The summed E-state index contributed by atoms with van der Waals surface area (Å²) in [5, 5.41) is 16.3. The fourth-order valence-corrected chi connectivity index (χ4v) is 4.47. The van der Waals surface area contributed by atoms with E-state index < -0.39 is 11.8 Å². The molecule has 7 nitrogen and oxygen atoms in total. The molecule has 0 bridgehead atoms. The van der Waals surface area contributed by atoms with Gasteiger partial charge in [-0.3, -0.25) is 9.48 Å². The van der Waals surface area contributed by atoms with Crippen LogP contribution >= 0.6 is 0 Å². The van der Waals surface area contributed by atoms with E-state index in [0.717, 1.165) is 39.3 Å². The fraction of sp³-hybridized carbons (Fsp3) is 0.267. The van der Waals surface area contributed by atoms with Gasteiger partial charge in [-0.15, -0.1) is 5.10 Å². The first-order chi connectivity index (χ1) is 18.2. The molecule has 0 saturated heterocycles. The number of methoxy groups -OCH3 is 1. The Morgan fingerprint density at radius 3 is 2.50 bits per heavy atom. The van der Waals surface area contributed by atoms with Crippen molar-refractivity contribution in [2.24, 2.45) is 7.05 Å². The van der Waals surface area contributed by atoms with E-state index in [0.29, 0.717) is 30.3 Å². The van der Waals surface area contributed by atoms with Crippen LogP contribution in [0, 0.1) is 19.7 Å². The first-order valence-electron chi connectivity index (χ1n) is 12.4. The molecule has 2 N–H and O–H groups in total. The van der Waals surface area contributed by atoms with E-state index in [1.807, 2.05) is 37.4 Å². The Morgan fingerprint density at radius 2 is 1.84 bits per heavy atom. The average molecular weight is 518 g/mol. The molecule has 0 unspecified atom stereocenters. The van der Waals surface area contributed by atoms with E-state index in [2.05, 4.69) is 36.4 Å². The predicted molar refractivity (Wildman–Crippen MR) is 145 cm³/mol. The smallest absolute Gasteiger partial charge is 0.303 e. The molecule has 0 aliphatic heterocycles. The van der Waals surface area contributed by atoms with E-state index in [1.165, 1.54) is 6.07 Å². The van der Waals surface area contributed by atoms with Crippen molar-refractivity contribution < 1.29 is 23.8 Å². The summed E-state index contributed by atoms with van der Waals surface area (Å²) < 4.78 is 27.3. The zero-order valence-corrected chi connectivity index (χ0v) is 22.0. The number of hydrogen-bond acceptors (Lipinski definition) is 5. The van der Waals surface area contributed by atoms with Crippen molar-refractivity contribution >= 4 is 11.7 Å². The average Bonchev–Trinajstić information content (AvgIpc) is 3.25. The maximum atomic E-state index is 14.4. The lowest BCUT2D eigenvalue weighted by Gasteiger charge is -2.15. The summed E-state index contributed by atoms with van der Waals surface area (Å²) in [6.07, 6.45) is 0.0755. The van der Waals surface area contributed by atoms with Crippen molar-refractivity contribution in [3.63, 3.8) is 0 Å². The number of rotatable bonds is 11. The van der Waals surface area contributed by atoms with Gasteiger partial charge in [0.2, 0.25) is 5.88 Å². The zero-order valence-electron chi connectivity index (χ0n) is 22.0. The largest absolute Gasteiger partial charge is 0.487 e. The molecule has 1 aromatic heterocycles. The molecule has 4 rings (SSSR count). The number of benzene rings is 3. The van der Waals surface area contributed by atoms with E-state index in [9.17, 15) is 9.18 Å². The van der Waals surface area contributed by atoms with E-state index in [1.54, 1.807) is 23.9 Å². The molecule has 3 aromatic carbocycles. The van der Waals surface area contributed by atoms with Crippen molar-refractivity contribution in [1.29, 1.82) is 0 Å². The molecular weight excluding hydrogens is 485 g/mol. The van der Waals surface area contributed by atoms with Crippen LogP contribution in [-0.2, 0) is 31.4 Å². The minimum absolute atomic E-state index is 0.0952. The van der Waals surface area contributed by atoms with Crippen molar-refractivity contribution in [3.05, 3.63) is 94.4 Å². The summed E-state index contributed by atoms with van der Waals surface area (Å²) in [4.78, 5) is 10.8. The van der Waals surface area contributed by atoms with Crippen molar-refractivity contribution in [2.45, 2.75) is 39.8 Å². The van der Waals surface area contributed by atoms with Crippen LogP contribution in [0.15, 0.2) is 60.7 Å². The van der Waals surface area contributed by atoms with E-state index in [-0.39, 0.29) is 12.8 Å². The summed E-state index contributed by atoms with van der Waals surface area (Å²) in [5.41, 5.74) is 7.47. The molecule has 0 atom stereocenters. The first-order valence-corrected chi connectivity index (χ1v) is 12.4. The number of carbonyl (C=O) groups is 1. The molecule has 0 aliphatic carbocycles. The number of aromatic nitrogens is 2. The number of nitrogens with one attached hydrogen (secondary N) is 1. The van der Waals surface area contributed by atoms with Gasteiger partial charge in [0.25, 0.3) is 0 Å². The second kappa shape index (κ2) is 11.8. The fourth-order valence-electron chi connectivity index (χ4n) is 4.47. The Bertz CT molecular complexity index is 1420. The van der Waals surface area contributed by atoms with Gasteiger partial charge < -0.3 is 19.9 Å². The Hall–Kier alpha value is -4.33. The third kappa shape index (κ3) is 6.51. The van der Waals surface area contributed by atoms with Crippen LogP contribution in [0.5, 0.6) is 11.6 Å². The van der Waals surface area contributed by atoms with Gasteiger partial charge in [0, 0.05) is 31.8 Å². The molecule has 4 aromatic rings. The van der Waals surface area contributed by atoms with Crippen LogP contribution in [-0.4, -0.2) is 28.0 Å². The topological polar surface area (TPSA) is 85.6 Å². The number of carboxylic acids is 1. The lowest BCUT2D eigenvalue weighted by Crippen LogP contribution is -2.04. The zero-order chi connectivity index (χ0) is 27.2. The minimum atomic E-state index is -0.940. The first kappa shape index (κ1) is 26.7. The van der Waals surface area contributed by atoms with Gasteiger partial charge in [-0.2, -0.15) is 0 Å². The van der Waals surface area contributed by atoms with Gasteiger partial charge >= 0.3 is 5.97 Å². The molecule has 0 spiro atoms. The SMILES string of the molecule is COc1cc(COc2cc(C)c(-c3cccc(CNc4ccc(CCC(=O)O)c(F)c4)c3)c(C)c2)n(C)n1. The maximum absolute atomic E-state index is 14.4. The summed E-state index contributed by atoms with van der Waals surface area (Å²) in [7, 11) is 3.45. The molecule has 0 radical (unpaired) electrons. The Balaban J connectivity index is 1.44. The van der Waals surface area contributed by atoms with Crippen molar-refractivity contribution in [1.82, 2.24) is 9.78 Å². The number of aryl methyl sites for hydroxylation is 4. The van der Waals surface area contributed by atoms with Crippen LogP contribution in [0.3, 0.4) is 0 Å². The summed E-state index contributed by atoms with van der Waals surface area (Å²) in [5.74, 6) is 0.00237. The van der Waals surface area contributed by atoms with Crippen LogP contribution < -0.4 is 14.8 Å². The highest BCUT2D eigenvalue weighted by molar-refractivity contribution is 5.72. The van der Waals surface area contributed by atoms with Crippen molar-refractivity contribution in [2.75, 3.05) is 12.4 Å². The monoisotopic (exact) mass is 517 g/mol. The Labute approximate surface area is 221 Å². The quantitative estimate of drug-likeness (QED) is 0.252. The Morgan fingerprint density at radius 1 is 1.08 bits per heavy atom. The molecule has 0 fully saturated rings. The normalized spacial score (nSPS) is 10.9. The van der Waals surface area contributed by atoms with Gasteiger partial charge in [0.05, 0.1) is 12.8 Å². The second-order valence-electron chi connectivity index (χ2n) is 9.28. The standard InChI is InChI=1S/C30H32FN3O4/c1-19-12-26(38-18-25-16-28(37-4)33-34(25)3)13-20(2)30(19)23-7-5-6-21(14-23)17-32-24-10-8-22(27(31)15-24)9-11-29(35)36/h5-8,10,12-16,32H,9,11,17-18H2,1-4H3,(H,35,36). The van der Waals surface area contributed by atoms with Gasteiger partial charge in [0.1, 0.15) is 18.2 Å². The highest BCUT2D eigenvalue weighted by atomic mass is 19.1. The van der Waals surface area contributed by atoms with Gasteiger partial charge in [0.15, 0.2) is 0 Å². The lowest BCUT2D eigenvalue weighted by molar-refractivity contribution is -0.136. The number of halogens is 1. The third-order valence-corrected chi connectivity index (χ3v) is 6.43. The summed E-state index contributed by atoms with van der Waals surface area (Å²) in [6.45, 7) is 5.05. The van der Waals surface area contributed by atoms with Gasteiger partial charge in [-0.05, 0) is 84.0 Å². The van der Waals surface area contributed by atoms with Gasteiger partial charge in [-0.25, -0.2) is 4.39 Å². The predicted octanol–water partition coefficient (Wildman–Crippen LogP) is 6.06. The molecule has 0 aliphatic rings. The molecule has 38 heavy (non-hydrogen) atoms. The van der Waals surface area contributed by atoms with Crippen LogP contribution in [0.1, 0.15) is 34.4 Å².